The fourth-order valence-electron chi connectivity index (χ4n) is 3.40. The Balaban J connectivity index is 1.81. The summed E-state index contributed by atoms with van der Waals surface area (Å²) >= 11 is 0. The highest BCUT2D eigenvalue weighted by Gasteiger charge is 2.30. The van der Waals surface area contributed by atoms with E-state index in [-0.39, 0.29) is 18.6 Å². The van der Waals surface area contributed by atoms with Gasteiger partial charge in [-0.1, -0.05) is 17.7 Å². The molecule has 1 aliphatic heterocycles. The van der Waals surface area contributed by atoms with Gasteiger partial charge < -0.3 is 10.0 Å². The molecule has 3 rings (SSSR count). The summed E-state index contributed by atoms with van der Waals surface area (Å²) in [6.45, 7) is 4.98. The zero-order valence-electron chi connectivity index (χ0n) is 14.4. The van der Waals surface area contributed by atoms with E-state index in [4.69, 9.17) is 5.11 Å². The van der Waals surface area contributed by atoms with E-state index in [9.17, 15) is 4.79 Å². The Morgan fingerprint density at radius 1 is 1.29 bits per heavy atom. The maximum absolute atomic E-state index is 12.9. The van der Waals surface area contributed by atoms with Crippen LogP contribution in [0.15, 0.2) is 30.3 Å². The number of aliphatic hydroxyl groups excluding tert-OH is 1. The highest BCUT2D eigenvalue weighted by Crippen LogP contribution is 2.24. The molecule has 1 atom stereocenters. The largest absolute Gasteiger partial charge is 0.396 e. The van der Waals surface area contributed by atoms with Crippen molar-refractivity contribution in [1.29, 1.82) is 0 Å². The number of benzene rings is 1. The monoisotopic (exact) mass is 327 g/mol. The normalized spacial score (nSPS) is 17.5. The van der Waals surface area contributed by atoms with Crippen molar-refractivity contribution in [2.45, 2.75) is 45.6 Å². The summed E-state index contributed by atoms with van der Waals surface area (Å²) < 4.78 is 1.82. The summed E-state index contributed by atoms with van der Waals surface area (Å²) in [5.41, 5.74) is 3.62. The van der Waals surface area contributed by atoms with Crippen LogP contribution in [-0.2, 0) is 0 Å². The van der Waals surface area contributed by atoms with Crippen LogP contribution in [0.25, 0.3) is 5.69 Å². The van der Waals surface area contributed by atoms with E-state index in [2.05, 4.69) is 12.0 Å². The number of aliphatic hydroxyl groups is 1. The smallest absolute Gasteiger partial charge is 0.274 e. The molecule has 1 aromatic carbocycles. The molecule has 2 aromatic rings. The maximum atomic E-state index is 12.9. The summed E-state index contributed by atoms with van der Waals surface area (Å²) in [6.07, 6.45) is 3.65. The number of nitrogens with zero attached hydrogens (tertiary/aromatic N) is 3. The first-order valence-corrected chi connectivity index (χ1v) is 8.65. The first kappa shape index (κ1) is 16.7. The molecule has 0 saturated carbocycles. The Morgan fingerprint density at radius 3 is 2.75 bits per heavy atom. The van der Waals surface area contributed by atoms with Crippen molar-refractivity contribution in [2.75, 3.05) is 13.2 Å². The van der Waals surface area contributed by atoms with Crippen LogP contribution in [0, 0.1) is 13.8 Å². The van der Waals surface area contributed by atoms with Crippen LogP contribution in [0.1, 0.15) is 47.4 Å². The number of aromatic nitrogens is 2. The van der Waals surface area contributed by atoms with E-state index in [0.29, 0.717) is 5.69 Å². The SMILES string of the molecule is Cc1ccc(-n2nc(C(=O)N3CCC[C@H]3CCCO)cc2C)cc1. The Kier molecular flexibility index (Phi) is 5.00. The lowest BCUT2D eigenvalue weighted by molar-refractivity contribution is 0.0718. The molecule has 1 saturated heterocycles. The van der Waals surface area contributed by atoms with E-state index in [0.717, 1.165) is 43.6 Å². The van der Waals surface area contributed by atoms with Crippen molar-refractivity contribution < 1.29 is 9.90 Å². The minimum atomic E-state index is 0.00408. The molecule has 1 N–H and O–H groups in total. The molecule has 5 heteroatoms. The first-order valence-electron chi connectivity index (χ1n) is 8.65. The molecule has 0 aliphatic carbocycles. The van der Waals surface area contributed by atoms with Crippen molar-refractivity contribution >= 4 is 5.91 Å². The Hall–Kier alpha value is -2.14. The van der Waals surface area contributed by atoms with E-state index < -0.39 is 0 Å². The Labute approximate surface area is 142 Å². The zero-order valence-corrected chi connectivity index (χ0v) is 14.4. The molecule has 1 fully saturated rings. The third-order valence-corrected chi connectivity index (χ3v) is 4.72. The van der Waals surface area contributed by atoms with Crippen LogP contribution in [-0.4, -0.2) is 44.9 Å². The van der Waals surface area contributed by atoms with Crippen LogP contribution < -0.4 is 0 Å². The van der Waals surface area contributed by atoms with Gasteiger partial charge in [0.15, 0.2) is 5.69 Å². The van der Waals surface area contributed by atoms with Crippen molar-refractivity contribution in [2.24, 2.45) is 0 Å². The number of hydrogen-bond acceptors (Lipinski definition) is 3. The highest BCUT2D eigenvalue weighted by molar-refractivity contribution is 5.93. The molecule has 24 heavy (non-hydrogen) atoms. The van der Waals surface area contributed by atoms with Gasteiger partial charge in [0.2, 0.25) is 0 Å². The topological polar surface area (TPSA) is 58.4 Å². The summed E-state index contributed by atoms with van der Waals surface area (Å²) in [5, 5.41) is 13.6. The number of carbonyl (C=O) groups is 1. The molecule has 1 amide bonds. The summed E-state index contributed by atoms with van der Waals surface area (Å²) in [7, 11) is 0. The van der Waals surface area contributed by atoms with Gasteiger partial charge in [-0.15, -0.1) is 0 Å². The van der Waals surface area contributed by atoms with Crippen molar-refractivity contribution in [1.82, 2.24) is 14.7 Å². The van der Waals surface area contributed by atoms with Crippen molar-refractivity contribution in [3.63, 3.8) is 0 Å². The van der Waals surface area contributed by atoms with Crippen LogP contribution in [0.5, 0.6) is 0 Å². The van der Waals surface area contributed by atoms with Crippen LogP contribution in [0.3, 0.4) is 0 Å². The van der Waals surface area contributed by atoms with Gasteiger partial charge in [0, 0.05) is 24.9 Å². The zero-order chi connectivity index (χ0) is 17.1. The second kappa shape index (κ2) is 7.18. The van der Waals surface area contributed by atoms with Gasteiger partial charge in [0.05, 0.1) is 5.69 Å². The molecule has 5 nitrogen and oxygen atoms in total. The van der Waals surface area contributed by atoms with Crippen LogP contribution in [0.4, 0.5) is 0 Å². The van der Waals surface area contributed by atoms with Gasteiger partial charge in [-0.25, -0.2) is 4.68 Å². The van der Waals surface area contributed by atoms with Crippen LogP contribution >= 0.6 is 0 Å². The molecule has 0 bridgehead atoms. The third kappa shape index (κ3) is 3.36. The second-order valence-electron chi connectivity index (χ2n) is 6.58. The van der Waals surface area contributed by atoms with Crippen molar-refractivity contribution in [3.8, 4) is 5.69 Å². The van der Waals surface area contributed by atoms with Gasteiger partial charge in [-0.2, -0.15) is 5.10 Å². The number of rotatable bonds is 5. The lowest BCUT2D eigenvalue weighted by Crippen LogP contribution is -2.36. The molecule has 0 unspecified atom stereocenters. The number of carbonyl (C=O) groups excluding carboxylic acids is 1. The van der Waals surface area contributed by atoms with Gasteiger partial charge in [0.1, 0.15) is 0 Å². The Bertz CT molecular complexity index is 706. The van der Waals surface area contributed by atoms with Crippen LogP contribution in [0.2, 0.25) is 0 Å². The molecule has 0 radical (unpaired) electrons. The van der Waals surface area contributed by atoms with Gasteiger partial charge in [-0.3, -0.25) is 4.79 Å². The lowest BCUT2D eigenvalue weighted by Gasteiger charge is -2.23. The highest BCUT2D eigenvalue weighted by atomic mass is 16.3. The van der Waals surface area contributed by atoms with Gasteiger partial charge >= 0.3 is 0 Å². The molecule has 128 valence electrons. The minimum Gasteiger partial charge on any atom is -0.396 e. The number of hydrogen-bond donors (Lipinski definition) is 1. The molecule has 1 aromatic heterocycles. The maximum Gasteiger partial charge on any atom is 0.274 e. The first-order chi connectivity index (χ1) is 11.6. The lowest BCUT2D eigenvalue weighted by atomic mass is 10.1. The van der Waals surface area contributed by atoms with E-state index in [1.54, 1.807) is 0 Å². The average molecular weight is 327 g/mol. The molecular weight excluding hydrogens is 302 g/mol. The standard InChI is InChI=1S/C19H25N3O2/c1-14-7-9-17(10-8-14)22-15(2)13-18(20-22)19(24)21-11-3-5-16(21)6-4-12-23/h7-10,13,16,23H,3-6,11-12H2,1-2H3/t16-/m0/s1. The quantitative estimate of drug-likeness (QED) is 0.918. The fraction of sp³-hybridized carbons (Fsp3) is 0.474. The minimum absolute atomic E-state index is 0.00408. The fourth-order valence-corrected chi connectivity index (χ4v) is 3.40. The van der Waals surface area contributed by atoms with Gasteiger partial charge in [-0.05, 0) is 57.7 Å². The van der Waals surface area contributed by atoms with E-state index in [1.165, 1.54) is 5.56 Å². The summed E-state index contributed by atoms with van der Waals surface area (Å²) in [6, 6.07) is 10.2. The van der Waals surface area contributed by atoms with E-state index >= 15 is 0 Å². The van der Waals surface area contributed by atoms with Gasteiger partial charge in [0.25, 0.3) is 5.91 Å². The predicted molar refractivity (Wildman–Crippen MR) is 93.4 cm³/mol. The number of likely N-dealkylation sites (tertiary alicyclic amines) is 1. The summed E-state index contributed by atoms with van der Waals surface area (Å²) in [4.78, 5) is 14.8. The molecule has 1 aliphatic rings. The molecule has 0 spiro atoms. The third-order valence-electron chi connectivity index (χ3n) is 4.72. The molecular formula is C19H25N3O2. The van der Waals surface area contributed by atoms with Crippen molar-refractivity contribution in [3.05, 3.63) is 47.3 Å². The number of amides is 1. The van der Waals surface area contributed by atoms with E-state index in [1.807, 2.05) is 46.8 Å². The Morgan fingerprint density at radius 2 is 2.04 bits per heavy atom. The average Bonchev–Trinajstić information content (AvgIpc) is 3.19. The number of aryl methyl sites for hydroxylation is 2. The predicted octanol–water partition coefficient (Wildman–Crippen LogP) is 2.87. The second-order valence-corrected chi connectivity index (χ2v) is 6.58. The summed E-state index contributed by atoms with van der Waals surface area (Å²) in [5.74, 6) is 0.00408. The molecule has 2 heterocycles.